The monoisotopic (exact) mass is 313 g/mol. The predicted molar refractivity (Wildman–Crippen MR) is 91.1 cm³/mol. The van der Waals surface area contributed by atoms with E-state index < -0.39 is 0 Å². The van der Waals surface area contributed by atoms with Crippen molar-refractivity contribution in [2.24, 2.45) is 0 Å². The molecule has 0 aromatic heterocycles. The van der Waals surface area contributed by atoms with E-state index in [9.17, 15) is 4.79 Å². The molecule has 1 amide bonds. The lowest BCUT2D eigenvalue weighted by molar-refractivity contribution is -0.123. The number of rotatable bonds is 7. The van der Waals surface area contributed by atoms with Gasteiger partial charge in [0.1, 0.15) is 11.5 Å². The van der Waals surface area contributed by atoms with E-state index in [1.807, 2.05) is 56.3 Å². The van der Waals surface area contributed by atoms with Crippen molar-refractivity contribution in [1.82, 2.24) is 5.32 Å². The van der Waals surface area contributed by atoms with E-state index in [-0.39, 0.29) is 12.5 Å². The molecular weight excluding hydrogens is 290 g/mol. The van der Waals surface area contributed by atoms with Crippen molar-refractivity contribution < 1.29 is 14.3 Å². The SMILES string of the molecule is COc1cccc(CCNC(=O)COc2ccc(C)cc2C)c1. The van der Waals surface area contributed by atoms with Gasteiger partial charge in [0.2, 0.25) is 0 Å². The van der Waals surface area contributed by atoms with Crippen LogP contribution in [-0.4, -0.2) is 26.2 Å². The first-order chi connectivity index (χ1) is 11.1. The Morgan fingerprint density at radius 3 is 2.70 bits per heavy atom. The van der Waals surface area contributed by atoms with Crippen LogP contribution < -0.4 is 14.8 Å². The Morgan fingerprint density at radius 2 is 1.96 bits per heavy atom. The molecule has 0 bridgehead atoms. The van der Waals surface area contributed by atoms with Crippen LogP contribution in [0.4, 0.5) is 0 Å². The second-order valence-corrected chi connectivity index (χ2v) is 5.51. The van der Waals surface area contributed by atoms with Crippen LogP contribution in [0.5, 0.6) is 11.5 Å². The lowest BCUT2D eigenvalue weighted by Crippen LogP contribution is -2.30. The molecule has 23 heavy (non-hydrogen) atoms. The highest BCUT2D eigenvalue weighted by Crippen LogP contribution is 2.18. The standard InChI is InChI=1S/C19H23NO3/c1-14-7-8-18(15(2)11-14)23-13-19(21)20-10-9-16-5-4-6-17(12-16)22-3/h4-8,11-12H,9-10,13H2,1-3H3,(H,20,21). The Kier molecular flexibility index (Phi) is 6.03. The lowest BCUT2D eigenvalue weighted by atomic mass is 10.1. The molecule has 1 N–H and O–H groups in total. The molecule has 0 aliphatic heterocycles. The number of amides is 1. The van der Waals surface area contributed by atoms with E-state index in [1.165, 1.54) is 5.56 Å². The van der Waals surface area contributed by atoms with E-state index in [0.717, 1.165) is 29.0 Å². The van der Waals surface area contributed by atoms with E-state index in [1.54, 1.807) is 7.11 Å². The maximum atomic E-state index is 11.8. The molecule has 0 aliphatic rings. The number of aryl methyl sites for hydroxylation is 2. The number of nitrogens with one attached hydrogen (secondary N) is 1. The molecule has 0 radical (unpaired) electrons. The smallest absolute Gasteiger partial charge is 0.257 e. The molecule has 4 nitrogen and oxygen atoms in total. The van der Waals surface area contributed by atoms with Crippen molar-refractivity contribution in [1.29, 1.82) is 0 Å². The summed E-state index contributed by atoms with van der Waals surface area (Å²) >= 11 is 0. The predicted octanol–water partition coefficient (Wildman–Crippen LogP) is 3.05. The number of carbonyl (C=O) groups is 1. The molecule has 2 aromatic rings. The second kappa shape index (κ2) is 8.22. The van der Waals surface area contributed by atoms with Crippen molar-refractivity contribution >= 4 is 5.91 Å². The molecule has 0 unspecified atom stereocenters. The zero-order valence-corrected chi connectivity index (χ0v) is 13.9. The summed E-state index contributed by atoms with van der Waals surface area (Å²) in [5.41, 5.74) is 3.34. The molecule has 4 heteroatoms. The van der Waals surface area contributed by atoms with Gasteiger partial charge >= 0.3 is 0 Å². The highest BCUT2D eigenvalue weighted by Gasteiger charge is 2.05. The first kappa shape index (κ1) is 16.9. The fraction of sp³-hybridized carbons (Fsp3) is 0.316. The molecular formula is C19H23NO3. The molecule has 0 aliphatic carbocycles. The molecule has 0 spiro atoms. The summed E-state index contributed by atoms with van der Waals surface area (Å²) in [5.74, 6) is 1.46. The van der Waals surface area contributed by atoms with E-state index in [2.05, 4.69) is 5.32 Å². The summed E-state index contributed by atoms with van der Waals surface area (Å²) in [6, 6.07) is 13.7. The van der Waals surface area contributed by atoms with Crippen LogP contribution in [0, 0.1) is 13.8 Å². The zero-order valence-electron chi connectivity index (χ0n) is 13.9. The molecule has 2 aromatic carbocycles. The minimum Gasteiger partial charge on any atom is -0.497 e. The molecule has 0 saturated carbocycles. The summed E-state index contributed by atoms with van der Waals surface area (Å²) in [5, 5.41) is 2.86. The fourth-order valence-corrected chi connectivity index (χ4v) is 2.33. The number of methoxy groups -OCH3 is 1. The Bertz CT molecular complexity index is 667. The van der Waals surface area contributed by atoms with Crippen LogP contribution in [-0.2, 0) is 11.2 Å². The van der Waals surface area contributed by atoms with Gasteiger partial charge in [0, 0.05) is 6.54 Å². The fourth-order valence-electron chi connectivity index (χ4n) is 2.33. The zero-order chi connectivity index (χ0) is 16.7. The summed E-state index contributed by atoms with van der Waals surface area (Å²) in [4.78, 5) is 11.8. The first-order valence-electron chi connectivity index (χ1n) is 7.68. The molecule has 0 heterocycles. The quantitative estimate of drug-likeness (QED) is 0.854. The molecule has 2 rings (SSSR count). The third kappa shape index (κ3) is 5.33. The van der Waals surface area contributed by atoms with Crippen LogP contribution in [0.3, 0.4) is 0 Å². The van der Waals surface area contributed by atoms with Gasteiger partial charge in [0.15, 0.2) is 6.61 Å². The molecule has 0 atom stereocenters. The lowest BCUT2D eigenvalue weighted by Gasteiger charge is -2.10. The summed E-state index contributed by atoms with van der Waals surface area (Å²) in [7, 11) is 1.64. The Morgan fingerprint density at radius 1 is 1.13 bits per heavy atom. The van der Waals surface area contributed by atoms with Crippen LogP contribution >= 0.6 is 0 Å². The average molecular weight is 313 g/mol. The minimum atomic E-state index is -0.118. The van der Waals surface area contributed by atoms with Gasteiger partial charge in [0.25, 0.3) is 5.91 Å². The summed E-state index contributed by atoms with van der Waals surface area (Å²) in [6.45, 7) is 4.61. The van der Waals surface area contributed by atoms with Gasteiger partial charge in [-0.1, -0.05) is 29.8 Å². The van der Waals surface area contributed by atoms with Crippen molar-refractivity contribution in [2.45, 2.75) is 20.3 Å². The van der Waals surface area contributed by atoms with Crippen molar-refractivity contribution in [3.05, 3.63) is 59.2 Å². The van der Waals surface area contributed by atoms with Crippen LogP contribution in [0.2, 0.25) is 0 Å². The Labute approximate surface area is 137 Å². The first-order valence-corrected chi connectivity index (χ1v) is 7.68. The number of benzene rings is 2. The van der Waals surface area contributed by atoms with Crippen LogP contribution in [0.15, 0.2) is 42.5 Å². The third-order valence-corrected chi connectivity index (χ3v) is 3.56. The van der Waals surface area contributed by atoms with Crippen molar-refractivity contribution in [2.75, 3.05) is 20.3 Å². The maximum Gasteiger partial charge on any atom is 0.257 e. The van der Waals surface area contributed by atoms with Crippen LogP contribution in [0.1, 0.15) is 16.7 Å². The highest BCUT2D eigenvalue weighted by molar-refractivity contribution is 5.77. The highest BCUT2D eigenvalue weighted by atomic mass is 16.5. The summed E-state index contributed by atoms with van der Waals surface area (Å²) in [6.07, 6.45) is 0.756. The normalized spacial score (nSPS) is 10.2. The number of carbonyl (C=O) groups excluding carboxylic acids is 1. The number of ether oxygens (including phenoxy) is 2. The van der Waals surface area contributed by atoms with E-state index >= 15 is 0 Å². The topological polar surface area (TPSA) is 47.6 Å². The molecule has 0 fully saturated rings. The van der Waals surface area contributed by atoms with Crippen molar-refractivity contribution in [3.8, 4) is 11.5 Å². The second-order valence-electron chi connectivity index (χ2n) is 5.51. The Balaban J connectivity index is 1.74. The van der Waals surface area contributed by atoms with Gasteiger partial charge in [-0.2, -0.15) is 0 Å². The number of hydrogen-bond acceptors (Lipinski definition) is 3. The largest absolute Gasteiger partial charge is 0.497 e. The number of hydrogen-bond donors (Lipinski definition) is 1. The van der Waals surface area contributed by atoms with Gasteiger partial charge in [-0.05, 0) is 49.6 Å². The van der Waals surface area contributed by atoms with Gasteiger partial charge in [-0.3, -0.25) is 4.79 Å². The Hall–Kier alpha value is -2.49. The van der Waals surface area contributed by atoms with E-state index in [0.29, 0.717) is 6.54 Å². The summed E-state index contributed by atoms with van der Waals surface area (Å²) < 4.78 is 10.7. The van der Waals surface area contributed by atoms with Gasteiger partial charge in [-0.25, -0.2) is 0 Å². The van der Waals surface area contributed by atoms with Crippen LogP contribution in [0.25, 0.3) is 0 Å². The molecule has 122 valence electrons. The van der Waals surface area contributed by atoms with Gasteiger partial charge in [0.05, 0.1) is 7.11 Å². The third-order valence-electron chi connectivity index (χ3n) is 3.56. The maximum absolute atomic E-state index is 11.8. The van der Waals surface area contributed by atoms with Crippen molar-refractivity contribution in [3.63, 3.8) is 0 Å². The van der Waals surface area contributed by atoms with Gasteiger partial charge < -0.3 is 14.8 Å². The van der Waals surface area contributed by atoms with Gasteiger partial charge in [-0.15, -0.1) is 0 Å². The average Bonchev–Trinajstić information content (AvgIpc) is 2.54. The molecule has 0 saturated heterocycles. The minimum absolute atomic E-state index is 0.0298. The van der Waals surface area contributed by atoms with E-state index in [4.69, 9.17) is 9.47 Å².